The molecular formula is C22H22N4O3. The number of nitrogens with two attached hydrogens (primary N) is 1. The van der Waals surface area contributed by atoms with E-state index in [1.54, 1.807) is 29.2 Å². The van der Waals surface area contributed by atoms with Gasteiger partial charge in [-0.15, -0.1) is 0 Å². The Morgan fingerprint density at radius 1 is 1.10 bits per heavy atom. The van der Waals surface area contributed by atoms with Gasteiger partial charge in [0.05, 0.1) is 12.6 Å². The molecule has 0 bridgehead atoms. The second-order valence-electron chi connectivity index (χ2n) is 6.49. The number of rotatable bonds is 3. The number of amides is 1. The lowest BCUT2D eigenvalue weighted by Gasteiger charge is -2.16. The molecule has 2 aromatic carbocycles. The number of hydrogen-bond acceptors (Lipinski definition) is 6. The van der Waals surface area contributed by atoms with Crippen LogP contribution in [0, 0.1) is 0 Å². The van der Waals surface area contributed by atoms with Gasteiger partial charge in [0.15, 0.2) is 0 Å². The molecule has 0 radical (unpaired) electrons. The molecule has 1 amide bonds. The van der Waals surface area contributed by atoms with E-state index in [0.29, 0.717) is 24.0 Å². The van der Waals surface area contributed by atoms with Crippen LogP contribution in [0.15, 0.2) is 48.5 Å². The highest BCUT2D eigenvalue weighted by Crippen LogP contribution is 2.26. The Balaban J connectivity index is 0.00000240. The molecular weight excluding hydrogens is 368 g/mol. The SMILES string of the molecule is C.COC(=O)/C=C/c1ccc2nc(N)nc(C(=O)N3Cc4ccccc4C3)c2c1. The van der Waals surface area contributed by atoms with E-state index in [4.69, 9.17) is 5.73 Å². The molecule has 0 fully saturated rings. The number of hydrogen-bond donors (Lipinski definition) is 1. The summed E-state index contributed by atoms with van der Waals surface area (Å²) in [6.07, 6.45) is 2.93. The van der Waals surface area contributed by atoms with E-state index in [1.807, 2.05) is 24.3 Å². The third-order valence-corrected chi connectivity index (χ3v) is 4.68. The van der Waals surface area contributed by atoms with Crippen molar-refractivity contribution in [2.24, 2.45) is 0 Å². The molecule has 0 saturated carbocycles. The van der Waals surface area contributed by atoms with Crippen molar-refractivity contribution in [3.05, 3.63) is 70.9 Å². The lowest BCUT2D eigenvalue weighted by molar-refractivity contribution is -0.134. The number of carbonyl (C=O) groups excluding carboxylic acids is 2. The Bertz CT molecular complexity index is 1100. The fourth-order valence-electron chi connectivity index (χ4n) is 3.29. The van der Waals surface area contributed by atoms with Gasteiger partial charge in [-0.2, -0.15) is 0 Å². The normalized spacial score (nSPS) is 12.7. The van der Waals surface area contributed by atoms with Crippen LogP contribution in [0.4, 0.5) is 5.95 Å². The second-order valence-corrected chi connectivity index (χ2v) is 6.49. The Morgan fingerprint density at radius 2 is 1.79 bits per heavy atom. The van der Waals surface area contributed by atoms with E-state index in [0.717, 1.165) is 16.7 Å². The minimum absolute atomic E-state index is 0. The Hall–Kier alpha value is -3.74. The average Bonchev–Trinajstić information content (AvgIpc) is 3.15. The molecule has 0 aliphatic carbocycles. The number of nitrogens with zero attached hydrogens (tertiary/aromatic N) is 3. The van der Waals surface area contributed by atoms with Crippen molar-refractivity contribution in [1.29, 1.82) is 0 Å². The van der Waals surface area contributed by atoms with Crippen LogP contribution in [0.1, 0.15) is 34.6 Å². The molecule has 0 saturated heterocycles. The van der Waals surface area contributed by atoms with Gasteiger partial charge in [-0.3, -0.25) is 4.79 Å². The molecule has 1 aliphatic rings. The zero-order chi connectivity index (χ0) is 19.7. The highest BCUT2D eigenvalue weighted by atomic mass is 16.5. The molecule has 1 aromatic heterocycles. The summed E-state index contributed by atoms with van der Waals surface area (Å²) in [6.45, 7) is 1.06. The van der Waals surface area contributed by atoms with Crippen molar-refractivity contribution in [1.82, 2.24) is 14.9 Å². The third kappa shape index (κ3) is 3.94. The van der Waals surface area contributed by atoms with Crippen molar-refractivity contribution in [3.8, 4) is 0 Å². The maximum absolute atomic E-state index is 13.2. The quantitative estimate of drug-likeness (QED) is 0.545. The first-order valence-corrected chi connectivity index (χ1v) is 8.74. The fraction of sp³-hybridized carbons (Fsp3) is 0.182. The van der Waals surface area contributed by atoms with Gasteiger partial charge in [0.2, 0.25) is 5.95 Å². The fourth-order valence-corrected chi connectivity index (χ4v) is 3.29. The van der Waals surface area contributed by atoms with Gasteiger partial charge >= 0.3 is 5.97 Å². The molecule has 29 heavy (non-hydrogen) atoms. The first-order chi connectivity index (χ1) is 13.5. The summed E-state index contributed by atoms with van der Waals surface area (Å²) in [5, 5.41) is 0.585. The number of methoxy groups -OCH3 is 1. The van der Waals surface area contributed by atoms with Crippen LogP contribution in [0.2, 0.25) is 0 Å². The molecule has 148 valence electrons. The molecule has 0 atom stereocenters. The van der Waals surface area contributed by atoms with Crippen molar-refractivity contribution in [2.75, 3.05) is 12.8 Å². The maximum Gasteiger partial charge on any atom is 0.330 e. The van der Waals surface area contributed by atoms with Crippen molar-refractivity contribution in [3.63, 3.8) is 0 Å². The number of anilines is 1. The number of benzene rings is 2. The highest BCUT2D eigenvalue weighted by Gasteiger charge is 2.26. The largest absolute Gasteiger partial charge is 0.466 e. The van der Waals surface area contributed by atoms with Crippen molar-refractivity contribution in [2.45, 2.75) is 20.5 Å². The Labute approximate surface area is 168 Å². The van der Waals surface area contributed by atoms with Crippen LogP contribution in [0.5, 0.6) is 0 Å². The minimum Gasteiger partial charge on any atom is -0.466 e. The monoisotopic (exact) mass is 390 g/mol. The Kier molecular flexibility index (Phi) is 5.59. The van der Waals surface area contributed by atoms with Gasteiger partial charge in [0.25, 0.3) is 5.91 Å². The van der Waals surface area contributed by atoms with Crippen LogP contribution in [0.25, 0.3) is 17.0 Å². The van der Waals surface area contributed by atoms with Crippen molar-refractivity contribution >= 4 is 34.8 Å². The van der Waals surface area contributed by atoms with Crippen LogP contribution < -0.4 is 5.73 Å². The van der Waals surface area contributed by atoms with E-state index in [9.17, 15) is 9.59 Å². The number of esters is 1. The van der Waals surface area contributed by atoms with Crippen LogP contribution in [0.3, 0.4) is 0 Å². The number of carbonyl (C=O) groups is 2. The third-order valence-electron chi connectivity index (χ3n) is 4.68. The first-order valence-electron chi connectivity index (χ1n) is 8.74. The van der Waals surface area contributed by atoms with Crippen molar-refractivity contribution < 1.29 is 14.3 Å². The number of nitrogen functional groups attached to an aromatic ring is 1. The standard InChI is InChI=1S/C21H18N4O3.CH4/c1-28-18(26)9-7-13-6-8-17-16(10-13)19(24-21(22)23-17)20(27)25-11-14-4-2-3-5-15(14)12-25;/h2-10H,11-12H2,1H3,(H2,22,23,24);1H4/b9-7+;. The molecule has 2 heterocycles. The molecule has 4 rings (SSSR count). The first kappa shape index (κ1) is 20.0. The lowest BCUT2D eigenvalue weighted by atomic mass is 10.1. The Morgan fingerprint density at radius 3 is 2.45 bits per heavy atom. The number of ether oxygens (including phenoxy) is 1. The predicted octanol–water partition coefficient (Wildman–Crippen LogP) is 3.19. The summed E-state index contributed by atoms with van der Waals surface area (Å²) in [5.41, 5.74) is 9.64. The summed E-state index contributed by atoms with van der Waals surface area (Å²) in [4.78, 5) is 34.7. The predicted molar refractivity (Wildman–Crippen MR) is 112 cm³/mol. The molecule has 2 N–H and O–H groups in total. The van der Waals surface area contributed by atoms with E-state index >= 15 is 0 Å². The zero-order valence-electron chi connectivity index (χ0n) is 15.3. The summed E-state index contributed by atoms with van der Waals surface area (Å²) >= 11 is 0. The molecule has 1 aliphatic heterocycles. The van der Waals surface area contributed by atoms with Gasteiger partial charge in [-0.05, 0) is 34.9 Å². The molecule has 3 aromatic rings. The van der Waals surface area contributed by atoms with E-state index in [-0.39, 0.29) is 25.0 Å². The summed E-state index contributed by atoms with van der Waals surface area (Å²) < 4.78 is 4.61. The van der Waals surface area contributed by atoms with E-state index in [2.05, 4.69) is 14.7 Å². The topological polar surface area (TPSA) is 98.4 Å². The van der Waals surface area contributed by atoms with Gasteiger partial charge in [-0.1, -0.05) is 37.8 Å². The molecule has 7 nitrogen and oxygen atoms in total. The van der Waals surface area contributed by atoms with E-state index in [1.165, 1.54) is 13.2 Å². The van der Waals surface area contributed by atoms with Gasteiger partial charge in [0, 0.05) is 24.6 Å². The summed E-state index contributed by atoms with van der Waals surface area (Å²) in [7, 11) is 1.31. The minimum atomic E-state index is -0.459. The molecule has 0 spiro atoms. The van der Waals surface area contributed by atoms with E-state index < -0.39 is 5.97 Å². The summed E-state index contributed by atoms with van der Waals surface area (Å²) in [5.74, 6) is -0.616. The number of fused-ring (bicyclic) bond motifs is 2. The number of aromatic nitrogens is 2. The van der Waals surface area contributed by atoms with Crippen LogP contribution in [-0.2, 0) is 22.6 Å². The average molecular weight is 390 g/mol. The highest BCUT2D eigenvalue weighted by molar-refractivity contribution is 6.05. The maximum atomic E-state index is 13.2. The smallest absolute Gasteiger partial charge is 0.330 e. The second kappa shape index (κ2) is 8.10. The zero-order valence-corrected chi connectivity index (χ0v) is 15.3. The molecule has 7 heteroatoms. The van der Waals surface area contributed by atoms with Gasteiger partial charge in [-0.25, -0.2) is 14.8 Å². The van der Waals surface area contributed by atoms with Gasteiger partial charge in [0.1, 0.15) is 5.69 Å². The van der Waals surface area contributed by atoms with Gasteiger partial charge < -0.3 is 15.4 Å². The van der Waals surface area contributed by atoms with Crippen LogP contribution >= 0.6 is 0 Å². The lowest BCUT2D eigenvalue weighted by Crippen LogP contribution is -2.27. The summed E-state index contributed by atoms with van der Waals surface area (Å²) in [6, 6.07) is 13.3. The molecule has 0 unspecified atom stereocenters. The van der Waals surface area contributed by atoms with Crippen LogP contribution in [-0.4, -0.2) is 33.9 Å².